The van der Waals surface area contributed by atoms with E-state index in [1.54, 1.807) is 6.92 Å². The van der Waals surface area contributed by atoms with Gasteiger partial charge in [0.25, 0.3) is 5.56 Å². The molecule has 7 heteroatoms. The smallest absolute Gasteiger partial charge is 0.329 e. The summed E-state index contributed by atoms with van der Waals surface area (Å²) in [4.78, 5) is 28.1. The molecule has 0 N–H and O–H groups in total. The Bertz CT molecular complexity index is 716. The minimum Gasteiger partial charge on any atom is -0.464 e. The lowest BCUT2D eigenvalue weighted by molar-refractivity contribution is -0.147. The van der Waals surface area contributed by atoms with Crippen LogP contribution >= 0.6 is 23.2 Å². The van der Waals surface area contributed by atoms with Crippen LogP contribution in [0.5, 0.6) is 0 Å². The summed E-state index contributed by atoms with van der Waals surface area (Å²) in [6.07, 6.45) is 1.58. The zero-order valence-corrected chi connectivity index (χ0v) is 13.3. The number of halogens is 2. The Kier molecular flexibility index (Phi) is 5.57. The Morgan fingerprint density at radius 2 is 2.00 bits per heavy atom. The first-order valence-corrected chi connectivity index (χ1v) is 7.43. The topological polar surface area (TPSA) is 61.2 Å². The van der Waals surface area contributed by atoms with E-state index in [-0.39, 0.29) is 23.3 Å². The molecule has 0 fully saturated rings. The zero-order chi connectivity index (χ0) is 16.1. The molecule has 0 spiro atoms. The molecule has 1 aromatic carbocycles. The van der Waals surface area contributed by atoms with Gasteiger partial charge in [0.05, 0.1) is 6.61 Å². The molecule has 0 unspecified atom stereocenters. The fraction of sp³-hybridized carbons (Fsp3) is 0.267. The van der Waals surface area contributed by atoms with Gasteiger partial charge in [-0.05, 0) is 12.5 Å². The number of ether oxygens (including phenoxy) is 1. The first kappa shape index (κ1) is 16.5. The van der Waals surface area contributed by atoms with Gasteiger partial charge in [-0.2, -0.15) is 0 Å². The number of aromatic nitrogens is 2. The van der Waals surface area contributed by atoms with Crippen LogP contribution in [0.15, 0.2) is 41.3 Å². The van der Waals surface area contributed by atoms with E-state index in [1.807, 2.05) is 30.3 Å². The molecule has 0 aliphatic heterocycles. The van der Waals surface area contributed by atoms with Gasteiger partial charge >= 0.3 is 5.97 Å². The van der Waals surface area contributed by atoms with Crippen molar-refractivity contribution in [3.8, 4) is 0 Å². The van der Waals surface area contributed by atoms with Crippen molar-refractivity contribution in [2.75, 3.05) is 6.61 Å². The second-order valence-corrected chi connectivity index (χ2v) is 5.27. The molecule has 22 heavy (non-hydrogen) atoms. The summed E-state index contributed by atoms with van der Waals surface area (Å²) >= 11 is 11.6. The molecule has 1 atom stereocenters. The average molecular weight is 341 g/mol. The summed E-state index contributed by atoms with van der Waals surface area (Å²) in [7, 11) is 0. The first-order chi connectivity index (χ1) is 10.5. The largest absolute Gasteiger partial charge is 0.464 e. The van der Waals surface area contributed by atoms with Crippen molar-refractivity contribution < 1.29 is 9.53 Å². The van der Waals surface area contributed by atoms with Crippen LogP contribution in [0.1, 0.15) is 18.5 Å². The fourth-order valence-corrected chi connectivity index (χ4v) is 2.47. The maximum atomic E-state index is 12.2. The van der Waals surface area contributed by atoms with Crippen LogP contribution < -0.4 is 5.56 Å². The van der Waals surface area contributed by atoms with Gasteiger partial charge in [-0.15, -0.1) is 0 Å². The predicted molar refractivity (Wildman–Crippen MR) is 84.3 cm³/mol. The van der Waals surface area contributed by atoms with Crippen molar-refractivity contribution in [1.82, 2.24) is 9.55 Å². The maximum Gasteiger partial charge on any atom is 0.329 e. The highest BCUT2D eigenvalue weighted by atomic mass is 35.5. The van der Waals surface area contributed by atoms with E-state index in [4.69, 9.17) is 27.9 Å². The molecule has 0 bridgehead atoms. The highest BCUT2D eigenvalue weighted by Crippen LogP contribution is 2.17. The van der Waals surface area contributed by atoms with Gasteiger partial charge in [-0.25, -0.2) is 9.78 Å². The normalized spacial score (nSPS) is 12.0. The Balaban J connectivity index is 2.45. The number of hydrogen-bond acceptors (Lipinski definition) is 4. The summed E-state index contributed by atoms with van der Waals surface area (Å²) in [5, 5.41) is -0.248. The van der Waals surface area contributed by atoms with E-state index in [1.165, 1.54) is 10.8 Å². The van der Waals surface area contributed by atoms with E-state index < -0.39 is 17.6 Å². The summed E-state index contributed by atoms with van der Waals surface area (Å²) in [5.74, 6) is -0.521. The lowest BCUT2D eigenvalue weighted by Crippen LogP contribution is -2.33. The quantitative estimate of drug-likeness (QED) is 0.785. The van der Waals surface area contributed by atoms with Crippen molar-refractivity contribution in [2.24, 2.45) is 0 Å². The molecule has 0 amide bonds. The predicted octanol–water partition coefficient (Wildman–Crippen LogP) is 2.90. The Labute approximate surface area is 137 Å². The van der Waals surface area contributed by atoms with Crippen molar-refractivity contribution >= 4 is 29.2 Å². The number of carbonyl (C=O) groups is 1. The molecule has 0 saturated heterocycles. The molecule has 0 saturated carbocycles. The molecule has 116 valence electrons. The first-order valence-electron chi connectivity index (χ1n) is 6.67. The molecule has 0 aliphatic rings. The number of nitrogens with zero attached hydrogens (tertiary/aromatic N) is 2. The third-order valence-electron chi connectivity index (χ3n) is 3.03. The standard InChI is InChI=1S/C15H14Cl2N2O3/c1-2-22-15(21)11(8-10-6-4-3-5-7-10)19-9-12(16)18-13(17)14(19)20/h3-7,9,11H,2,8H2,1H3/t11-/m0/s1. The molecule has 1 aromatic heterocycles. The Hall–Kier alpha value is -1.85. The highest BCUT2D eigenvalue weighted by molar-refractivity contribution is 6.32. The van der Waals surface area contributed by atoms with Crippen LogP contribution in [0.25, 0.3) is 0 Å². The SMILES string of the molecule is CCOC(=O)[C@H](Cc1ccccc1)n1cc(Cl)nc(Cl)c1=O. The van der Waals surface area contributed by atoms with Gasteiger partial charge in [-0.1, -0.05) is 53.5 Å². The highest BCUT2D eigenvalue weighted by Gasteiger charge is 2.25. The van der Waals surface area contributed by atoms with Gasteiger partial charge in [0, 0.05) is 12.6 Å². The van der Waals surface area contributed by atoms with Crippen LogP contribution in [-0.4, -0.2) is 22.1 Å². The Morgan fingerprint density at radius 3 is 2.64 bits per heavy atom. The van der Waals surface area contributed by atoms with Crippen molar-refractivity contribution in [2.45, 2.75) is 19.4 Å². The van der Waals surface area contributed by atoms with Crippen LogP contribution in [-0.2, 0) is 16.0 Å². The second-order valence-electron chi connectivity index (χ2n) is 4.52. The molecule has 2 rings (SSSR count). The molecule has 0 radical (unpaired) electrons. The van der Waals surface area contributed by atoms with Crippen LogP contribution in [0.4, 0.5) is 0 Å². The number of hydrogen-bond donors (Lipinski definition) is 0. The van der Waals surface area contributed by atoms with E-state index in [0.29, 0.717) is 0 Å². The van der Waals surface area contributed by atoms with E-state index in [0.717, 1.165) is 5.56 Å². The molecular weight excluding hydrogens is 327 g/mol. The van der Waals surface area contributed by atoms with Gasteiger partial charge in [0.15, 0.2) is 5.15 Å². The number of benzene rings is 1. The third kappa shape index (κ3) is 3.87. The van der Waals surface area contributed by atoms with Crippen molar-refractivity contribution in [3.05, 3.63) is 62.8 Å². The number of carbonyl (C=O) groups excluding carboxylic acids is 1. The molecule has 2 aromatic rings. The summed E-state index contributed by atoms with van der Waals surface area (Å²) < 4.78 is 6.23. The summed E-state index contributed by atoms with van der Waals surface area (Å²) in [6.45, 7) is 1.91. The molecule has 0 aliphatic carbocycles. The van der Waals surface area contributed by atoms with Crippen LogP contribution in [0.2, 0.25) is 10.3 Å². The zero-order valence-electron chi connectivity index (χ0n) is 11.8. The number of esters is 1. The van der Waals surface area contributed by atoms with Gasteiger partial charge in [0.2, 0.25) is 0 Å². The number of rotatable bonds is 5. The molecule has 1 heterocycles. The van der Waals surface area contributed by atoms with Crippen molar-refractivity contribution in [3.63, 3.8) is 0 Å². The monoisotopic (exact) mass is 340 g/mol. The molecular formula is C15H14Cl2N2O3. The molecule has 5 nitrogen and oxygen atoms in total. The minimum absolute atomic E-state index is 0.0342. The average Bonchev–Trinajstić information content (AvgIpc) is 2.50. The van der Waals surface area contributed by atoms with Crippen molar-refractivity contribution in [1.29, 1.82) is 0 Å². The van der Waals surface area contributed by atoms with Gasteiger partial charge < -0.3 is 4.74 Å². The van der Waals surface area contributed by atoms with E-state index in [9.17, 15) is 9.59 Å². The summed E-state index contributed by atoms with van der Waals surface area (Å²) in [6, 6.07) is 8.45. The lowest BCUT2D eigenvalue weighted by atomic mass is 10.1. The second kappa shape index (κ2) is 7.42. The van der Waals surface area contributed by atoms with E-state index in [2.05, 4.69) is 4.98 Å². The van der Waals surface area contributed by atoms with Gasteiger partial charge in [0.1, 0.15) is 11.2 Å². The summed E-state index contributed by atoms with van der Waals surface area (Å²) in [5.41, 5.74) is 0.302. The fourth-order valence-electron chi connectivity index (χ4n) is 2.05. The van der Waals surface area contributed by atoms with Crippen LogP contribution in [0.3, 0.4) is 0 Å². The minimum atomic E-state index is -0.854. The van der Waals surface area contributed by atoms with E-state index >= 15 is 0 Å². The third-order valence-corrected chi connectivity index (χ3v) is 3.46. The maximum absolute atomic E-state index is 12.2. The Morgan fingerprint density at radius 1 is 1.32 bits per heavy atom. The van der Waals surface area contributed by atoms with Crippen LogP contribution in [0, 0.1) is 0 Å². The lowest BCUT2D eigenvalue weighted by Gasteiger charge is -2.18. The van der Waals surface area contributed by atoms with Gasteiger partial charge in [-0.3, -0.25) is 9.36 Å².